The van der Waals surface area contributed by atoms with Gasteiger partial charge in [-0.1, -0.05) is 61.0 Å². The maximum absolute atomic E-state index is 14.0. The summed E-state index contributed by atoms with van der Waals surface area (Å²) in [5.74, 6) is 0.134. The highest BCUT2D eigenvalue weighted by molar-refractivity contribution is 8.02. The molecule has 31 heavy (non-hydrogen) atoms. The second-order valence-electron chi connectivity index (χ2n) is 7.72. The standard InChI is InChI=1S/C25H21ClN2O2S/c1-2-17-9-13-20(14-10-17)28-23(29)16-31-25(28)21-5-3-4-6-22(21)27(24(25)30)15-18-7-11-19(26)12-8-18/h3-14H,2,15-16H2,1H3/t25-/m1/s1. The van der Waals surface area contributed by atoms with Crippen LogP contribution < -0.4 is 9.80 Å². The van der Waals surface area contributed by atoms with Gasteiger partial charge in [-0.05, 0) is 47.9 Å². The van der Waals surface area contributed by atoms with Crippen LogP contribution in [0.15, 0.2) is 72.8 Å². The van der Waals surface area contributed by atoms with Crippen molar-refractivity contribution in [2.24, 2.45) is 0 Å². The summed E-state index contributed by atoms with van der Waals surface area (Å²) in [7, 11) is 0. The average molecular weight is 449 g/mol. The van der Waals surface area contributed by atoms with Gasteiger partial charge in [0.1, 0.15) is 0 Å². The summed E-state index contributed by atoms with van der Waals surface area (Å²) in [6.07, 6.45) is 0.921. The second-order valence-corrected chi connectivity index (χ2v) is 9.32. The number of hydrogen-bond donors (Lipinski definition) is 0. The van der Waals surface area contributed by atoms with Crippen molar-refractivity contribution in [2.45, 2.75) is 24.8 Å². The number of amides is 2. The Labute approximate surface area is 190 Å². The van der Waals surface area contributed by atoms with E-state index in [1.54, 1.807) is 9.80 Å². The predicted molar refractivity (Wildman–Crippen MR) is 127 cm³/mol. The molecule has 2 aliphatic heterocycles. The molecule has 0 aromatic heterocycles. The van der Waals surface area contributed by atoms with Crippen molar-refractivity contribution >= 4 is 46.6 Å². The molecule has 0 N–H and O–H groups in total. The molecule has 0 unspecified atom stereocenters. The lowest BCUT2D eigenvalue weighted by Gasteiger charge is -2.33. The van der Waals surface area contributed by atoms with E-state index in [4.69, 9.17) is 11.6 Å². The van der Waals surface area contributed by atoms with Crippen molar-refractivity contribution in [2.75, 3.05) is 15.6 Å². The molecule has 6 heteroatoms. The number of fused-ring (bicyclic) bond motifs is 2. The first-order valence-corrected chi connectivity index (χ1v) is 11.6. The van der Waals surface area contributed by atoms with Gasteiger partial charge < -0.3 is 4.90 Å². The van der Waals surface area contributed by atoms with E-state index < -0.39 is 4.87 Å². The SMILES string of the molecule is CCc1ccc(N2C(=O)CS[C@]23C(=O)N(Cc2ccc(Cl)cc2)c2ccccc23)cc1. The molecule has 0 bridgehead atoms. The van der Waals surface area contributed by atoms with Crippen molar-refractivity contribution < 1.29 is 9.59 Å². The minimum absolute atomic E-state index is 0.0502. The molecule has 1 fully saturated rings. The number of anilines is 2. The minimum atomic E-state index is -1.08. The summed E-state index contributed by atoms with van der Waals surface area (Å²) < 4.78 is 0. The lowest BCUT2D eigenvalue weighted by molar-refractivity contribution is -0.123. The molecule has 4 nitrogen and oxygen atoms in total. The minimum Gasteiger partial charge on any atom is -0.304 e. The first-order chi connectivity index (χ1) is 15.0. The smallest absolute Gasteiger partial charge is 0.269 e. The van der Waals surface area contributed by atoms with Gasteiger partial charge >= 0.3 is 0 Å². The Bertz CT molecular complexity index is 1160. The van der Waals surface area contributed by atoms with Crippen LogP contribution in [0.2, 0.25) is 5.02 Å². The van der Waals surface area contributed by atoms with Gasteiger partial charge in [0.2, 0.25) is 10.8 Å². The largest absolute Gasteiger partial charge is 0.304 e. The Morgan fingerprint density at radius 1 is 0.935 bits per heavy atom. The maximum atomic E-state index is 14.0. The molecule has 1 atom stereocenters. The van der Waals surface area contributed by atoms with Gasteiger partial charge in [-0.15, -0.1) is 11.8 Å². The fourth-order valence-corrected chi connectivity index (χ4v) is 5.85. The lowest BCUT2D eigenvalue weighted by atomic mass is 10.0. The highest BCUT2D eigenvalue weighted by atomic mass is 35.5. The van der Waals surface area contributed by atoms with Crippen LogP contribution in [0.1, 0.15) is 23.6 Å². The van der Waals surface area contributed by atoms with E-state index >= 15 is 0 Å². The van der Waals surface area contributed by atoms with Gasteiger partial charge in [0.15, 0.2) is 0 Å². The average Bonchev–Trinajstić information content (AvgIpc) is 3.26. The van der Waals surface area contributed by atoms with Crippen LogP contribution in [0.4, 0.5) is 11.4 Å². The summed E-state index contributed by atoms with van der Waals surface area (Å²) in [6.45, 7) is 2.52. The van der Waals surface area contributed by atoms with Crippen LogP contribution in [-0.2, 0) is 27.4 Å². The number of carbonyl (C=O) groups excluding carboxylic acids is 2. The zero-order valence-electron chi connectivity index (χ0n) is 17.0. The molecule has 156 valence electrons. The molecular formula is C25H21ClN2O2S. The monoisotopic (exact) mass is 448 g/mol. The van der Waals surface area contributed by atoms with Gasteiger partial charge in [0.05, 0.1) is 18.0 Å². The van der Waals surface area contributed by atoms with Crippen LogP contribution in [-0.4, -0.2) is 17.6 Å². The molecule has 2 aliphatic rings. The zero-order valence-corrected chi connectivity index (χ0v) is 18.6. The fourth-order valence-electron chi connectivity index (χ4n) is 4.37. The number of halogens is 1. The molecular weight excluding hydrogens is 428 g/mol. The van der Waals surface area contributed by atoms with E-state index in [-0.39, 0.29) is 17.6 Å². The molecule has 0 saturated carbocycles. The molecule has 1 spiro atoms. The van der Waals surface area contributed by atoms with E-state index in [1.807, 2.05) is 72.8 Å². The van der Waals surface area contributed by atoms with Crippen LogP contribution in [0.25, 0.3) is 0 Å². The van der Waals surface area contributed by atoms with Crippen LogP contribution in [0.5, 0.6) is 0 Å². The Morgan fingerprint density at radius 3 is 2.32 bits per heavy atom. The maximum Gasteiger partial charge on any atom is 0.269 e. The molecule has 5 rings (SSSR count). The summed E-state index contributed by atoms with van der Waals surface area (Å²) in [5, 5.41) is 0.659. The Balaban J connectivity index is 1.61. The number of carbonyl (C=O) groups is 2. The van der Waals surface area contributed by atoms with E-state index in [1.165, 1.54) is 17.3 Å². The molecule has 2 amide bonds. The van der Waals surface area contributed by atoms with Crippen LogP contribution in [0.3, 0.4) is 0 Å². The van der Waals surface area contributed by atoms with Crippen molar-refractivity contribution in [3.05, 3.63) is 94.5 Å². The molecule has 3 aromatic rings. The first kappa shape index (κ1) is 20.2. The molecule has 2 heterocycles. The van der Waals surface area contributed by atoms with E-state index in [9.17, 15) is 9.59 Å². The van der Waals surface area contributed by atoms with E-state index in [0.29, 0.717) is 11.6 Å². The zero-order chi connectivity index (χ0) is 21.6. The van der Waals surface area contributed by atoms with Crippen LogP contribution in [0, 0.1) is 0 Å². The number of aryl methyl sites for hydroxylation is 1. The van der Waals surface area contributed by atoms with Crippen molar-refractivity contribution in [3.63, 3.8) is 0 Å². The summed E-state index contributed by atoms with van der Waals surface area (Å²) in [4.78, 5) is 29.5. The number of thioether (sulfide) groups is 1. The van der Waals surface area contributed by atoms with Crippen LogP contribution >= 0.6 is 23.4 Å². The number of para-hydroxylation sites is 1. The normalized spacial score (nSPS) is 20.1. The highest BCUT2D eigenvalue weighted by Crippen LogP contribution is 2.55. The molecule has 0 radical (unpaired) electrons. The summed E-state index contributed by atoms with van der Waals surface area (Å²) in [5.41, 5.74) is 4.64. The van der Waals surface area contributed by atoms with Gasteiger partial charge in [-0.25, -0.2) is 0 Å². The van der Waals surface area contributed by atoms with Crippen molar-refractivity contribution in [3.8, 4) is 0 Å². The summed E-state index contributed by atoms with van der Waals surface area (Å²) >= 11 is 7.44. The summed E-state index contributed by atoms with van der Waals surface area (Å²) in [6, 6.07) is 23.2. The third-order valence-electron chi connectivity index (χ3n) is 5.92. The molecule has 3 aromatic carbocycles. The quantitative estimate of drug-likeness (QED) is 0.537. The Morgan fingerprint density at radius 2 is 1.61 bits per heavy atom. The topological polar surface area (TPSA) is 40.6 Å². The Kier molecular flexibility index (Phi) is 5.03. The van der Waals surface area contributed by atoms with E-state index in [0.717, 1.165) is 28.9 Å². The molecule has 1 saturated heterocycles. The van der Waals surface area contributed by atoms with Gasteiger partial charge in [-0.2, -0.15) is 0 Å². The number of nitrogens with zero attached hydrogens (tertiary/aromatic N) is 2. The molecule has 0 aliphatic carbocycles. The van der Waals surface area contributed by atoms with Gasteiger partial charge in [-0.3, -0.25) is 14.5 Å². The lowest BCUT2D eigenvalue weighted by Crippen LogP contribution is -2.49. The van der Waals surface area contributed by atoms with E-state index in [2.05, 4.69) is 6.92 Å². The second kappa shape index (κ2) is 7.74. The fraction of sp³-hybridized carbons (Fsp3) is 0.200. The number of rotatable bonds is 4. The third kappa shape index (κ3) is 3.15. The third-order valence-corrected chi connectivity index (χ3v) is 7.56. The highest BCUT2D eigenvalue weighted by Gasteiger charge is 2.60. The van der Waals surface area contributed by atoms with Gasteiger partial charge in [0.25, 0.3) is 5.91 Å². The predicted octanol–water partition coefficient (Wildman–Crippen LogP) is 5.38. The number of benzene rings is 3. The first-order valence-electron chi connectivity index (χ1n) is 10.3. The Hall–Kier alpha value is -2.76. The van der Waals surface area contributed by atoms with Crippen molar-refractivity contribution in [1.82, 2.24) is 0 Å². The van der Waals surface area contributed by atoms with Gasteiger partial charge in [0, 0.05) is 16.3 Å². The van der Waals surface area contributed by atoms with Crippen molar-refractivity contribution in [1.29, 1.82) is 0 Å². The number of hydrogen-bond acceptors (Lipinski definition) is 3.